The van der Waals surface area contributed by atoms with Crippen molar-refractivity contribution in [2.45, 2.75) is 6.10 Å². The molecule has 0 radical (unpaired) electrons. The van der Waals surface area contributed by atoms with Crippen molar-refractivity contribution in [1.29, 1.82) is 5.26 Å². The van der Waals surface area contributed by atoms with Crippen LogP contribution in [0.1, 0.15) is 26.3 Å². The maximum atomic E-state index is 13.3. The average molecular weight is 407 g/mol. The minimum atomic E-state index is -1.31. The molecule has 0 aliphatic carbocycles. The lowest BCUT2D eigenvalue weighted by Gasteiger charge is -2.27. The molecule has 0 atom stereocenters. The maximum Gasteiger partial charge on any atom is 0.337 e. The van der Waals surface area contributed by atoms with Crippen LogP contribution in [0.4, 0.5) is 10.1 Å². The minimum absolute atomic E-state index is 0.0269. The molecule has 8 nitrogen and oxygen atoms in total. The first-order chi connectivity index (χ1) is 14.4. The van der Waals surface area contributed by atoms with Crippen molar-refractivity contribution >= 4 is 28.5 Å². The molecule has 1 aromatic heterocycles. The Morgan fingerprint density at radius 3 is 2.73 bits per heavy atom. The second-order valence-electron chi connectivity index (χ2n) is 6.60. The van der Waals surface area contributed by atoms with Gasteiger partial charge in [-0.25, -0.2) is 9.18 Å². The monoisotopic (exact) mass is 407 g/mol. The van der Waals surface area contributed by atoms with Crippen LogP contribution < -0.4 is 10.1 Å². The van der Waals surface area contributed by atoms with E-state index in [4.69, 9.17) is 9.47 Å². The number of nitriles is 1. The lowest BCUT2D eigenvalue weighted by atomic mass is 10.1. The van der Waals surface area contributed by atoms with Crippen LogP contribution in [0.3, 0.4) is 0 Å². The van der Waals surface area contributed by atoms with E-state index in [1.54, 1.807) is 0 Å². The summed E-state index contributed by atoms with van der Waals surface area (Å²) in [4.78, 5) is 28.4. The number of carboxylic acids is 1. The number of halogens is 1. The number of amides is 1. The summed E-state index contributed by atoms with van der Waals surface area (Å²) in [6, 6.07) is 9.86. The van der Waals surface area contributed by atoms with Gasteiger partial charge < -0.3 is 19.9 Å². The molecule has 2 aromatic carbocycles. The number of hydrogen-bond acceptors (Lipinski definition) is 6. The molecule has 0 saturated carbocycles. The summed E-state index contributed by atoms with van der Waals surface area (Å²) in [6.45, 7) is 0.715. The Bertz CT molecular complexity index is 1220. The molecule has 0 spiro atoms. The number of rotatable bonds is 5. The molecule has 1 saturated heterocycles. The molecule has 3 aromatic rings. The van der Waals surface area contributed by atoms with E-state index in [-0.39, 0.29) is 34.2 Å². The first-order valence-corrected chi connectivity index (χ1v) is 8.87. The van der Waals surface area contributed by atoms with Gasteiger partial charge in [-0.2, -0.15) is 5.26 Å². The van der Waals surface area contributed by atoms with Crippen LogP contribution in [0.5, 0.6) is 5.75 Å². The summed E-state index contributed by atoms with van der Waals surface area (Å²) in [5, 5.41) is 21.9. The van der Waals surface area contributed by atoms with E-state index in [0.29, 0.717) is 24.1 Å². The predicted molar refractivity (Wildman–Crippen MR) is 103 cm³/mol. The molecule has 2 heterocycles. The fourth-order valence-electron chi connectivity index (χ4n) is 2.92. The number of hydrogen-bond donors (Lipinski definition) is 2. The van der Waals surface area contributed by atoms with Crippen molar-refractivity contribution in [3.05, 3.63) is 65.1 Å². The Hall–Kier alpha value is -4.03. The minimum Gasteiger partial charge on any atom is -0.484 e. The van der Waals surface area contributed by atoms with Gasteiger partial charge in [-0.1, -0.05) is 0 Å². The average Bonchev–Trinajstić information content (AvgIpc) is 2.70. The van der Waals surface area contributed by atoms with Gasteiger partial charge in [0, 0.05) is 23.7 Å². The zero-order valence-electron chi connectivity index (χ0n) is 15.4. The van der Waals surface area contributed by atoms with Crippen molar-refractivity contribution in [1.82, 2.24) is 4.98 Å². The van der Waals surface area contributed by atoms with Crippen molar-refractivity contribution < 1.29 is 28.6 Å². The molecular formula is C21H14FN3O5. The number of fused-ring (bicyclic) bond motifs is 1. The van der Waals surface area contributed by atoms with Gasteiger partial charge in [-0.05, 0) is 24.3 Å². The molecule has 4 rings (SSSR count). The second kappa shape index (κ2) is 7.77. The molecule has 1 aliphatic heterocycles. The Labute approximate surface area is 169 Å². The van der Waals surface area contributed by atoms with Gasteiger partial charge in [-0.3, -0.25) is 9.78 Å². The summed E-state index contributed by atoms with van der Waals surface area (Å²) < 4.78 is 24.0. The van der Waals surface area contributed by atoms with Crippen molar-refractivity contribution in [2.24, 2.45) is 0 Å². The maximum absolute atomic E-state index is 13.3. The normalized spacial score (nSPS) is 13.3. The number of ether oxygens (including phenoxy) is 2. The number of carbonyl (C=O) groups is 2. The zero-order chi connectivity index (χ0) is 21.3. The summed E-state index contributed by atoms with van der Waals surface area (Å²) in [5.41, 5.74) is 0.291. The Morgan fingerprint density at radius 2 is 2.07 bits per heavy atom. The lowest BCUT2D eigenvalue weighted by molar-refractivity contribution is -0.0797. The zero-order valence-corrected chi connectivity index (χ0v) is 15.4. The SMILES string of the molecule is N#Cc1cc(C(=O)O)c(NC(=O)c2cnc3cc(F)ccc3c2)cc1OC1COC1. The van der Waals surface area contributed by atoms with Crippen molar-refractivity contribution in [3.8, 4) is 11.8 Å². The highest BCUT2D eigenvalue weighted by Gasteiger charge is 2.24. The Balaban J connectivity index is 1.67. The van der Waals surface area contributed by atoms with E-state index in [1.165, 1.54) is 36.5 Å². The molecule has 9 heteroatoms. The summed E-state index contributed by atoms with van der Waals surface area (Å²) in [5.74, 6) is -2.22. The van der Waals surface area contributed by atoms with Gasteiger partial charge in [0.2, 0.25) is 0 Å². The number of pyridine rings is 1. The molecule has 0 unspecified atom stereocenters. The third-order valence-corrected chi connectivity index (χ3v) is 4.53. The molecule has 1 amide bonds. The quantitative estimate of drug-likeness (QED) is 0.667. The van der Waals surface area contributed by atoms with Gasteiger partial charge in [0.25, 0.3) is 5.91 Å². The van der Waals surface area contributed by atoms with E-state index in [0.717, 1.165) is 6.07 Å². The van der Waals surface area contributed by atoms with Gasteiger partial charge in [0.1, 0.15) is 23.7 Å². The standard InChI is InChI=1S/C21H14FN3O5/c22-14-2-1-11-3-13(8-24-17(11)5-14)20(26)25-18-6-19(30-15-9-29-10-15)12(7-23)4-16(18)21(27)28/h1-6,8,15H,9-10H2,(H,25,26)(H,27,28). The molecule has 2 N–H and O–H groups in total. The number of nitrogens with zero attached hydrogens (tertiary/aromatic N) is 2. The van der Waals surface area contributed by atoms with E-state index >= 15 is 0 Å². The summed E-state index contributed by atoms with van der Waals surface area (Å²) >= 11 is 0. The summed E-state index contributed by atoms with van der Waals surface area (Å²) in [7, 11) is 0. The number of anilines is 1. The molecule has 1 aliphatic rings. The fraction of sp³-hybridized carbons (Fsp3) is 0.143. The first kappa shape index (κ1) is 19.3. The smallest absolute Gasteiger partial charge is 0.337 e. The number of benzene rings is 2. The summed E-state index contributed by atoms with van der Waals surface area (Å²) in [6.07, 6.45) is 1.02. The largest absolute Gasteiger partial charge is 0.484 e. The van der Waals surface area contributed by atoms with Crippen LogP contribution in [-0.2, 0) is 4.74 Å². The van der Waals surface area contributed by atoms with Gasteiger partial charge in [-0.15, -0.1) is 0 Å². The van der Waals surface area contributed by atoms with Gasteiger partial charge >= 0.3 is 5.97 Å². The molecule has 0 bridgehead atoms. The number of nitrogens with one attached hydrogen (secondary N) is 1. The third-order valence-electron chi connectivity index (χ3n) is 4.53. The Kier molecular flexibility index (Phi) is 5.00. The third kappa shape index (κ3) is 3.76. The number of aromatic carboxylic acids is 1. The predicted octanol–water partition coefficient (Wildman–Crippen LogP) is 2.97. The topological polar surface area (TPSA) is 122 Å². The van der Waals surface area contributed by atoms with Crippen molar-refractivity contribution in [2.75, 3.05) is 18.5 Å². The first-order valence-electron chi connectivity index (χ1n) is 8.87. The highest BCUT2D eigenvalue weighted by molar-refractivity contribution is 6.09. The fourth-order valence-corrected chi connectivity index (χ4v) is 2.92. The van der Waals surface area contributed by atoms with E-state index < -0.39 is 17.7 Å². The van der Waals surface area contributed by atoms with Crippen LogP contribution in [0.15, 0.2) is 42.6 Å². The highest BCUT2D eigenvalue weighted by atomic mass is 19.1. The van der Waals surface area contributed by atoms with Gasteiger partial charge in [0.05, 0.1) is 41.1 Å². The van der Waals surface area contributed by atoms with Crippen LogP contribution in [0.25, 0.3) is 10.9 Å². The molecule has 30 heavy (non-hydrogen) atoms. The van der Waals surface area contributed by atoms with Crippen LogP contribution in [0.2, 0.25) is 0 Å². The van der Waals surface area contributed by atoms with E-state index in [1.807, 2.05) is 6.07 Å². The number of carboxylic acid groups (broad SMARTS) is 1. The lowest BCUT2D eigenvalue weighted by Crippen LogP contribution is -2.38. The van der Waals surface area contributed by atoms with E-state index in [9.17, 15) is 24.3 Å². The molecule has 1 fully saturated rings. The van der Waals surface area contributed by atoms with Gasteiger partial charge in [0.15, 0.2) is 0 Å². The molecular weight excluding hydrogens is 393 g/mol. The second-order valence-corrected chi connectivity index (χ2v) is 6.60. The van der Waals surface area contributed by atoms with Crippen LogP contribution in [-0.4, -0.2) is 41.3 Å². The van der Waals surface area contributed by atoms with E-state index in [2.05, 4.69) is 10.3 Å². The number of aromatic nitrogens is 1. The van der Waals surface area contributed by atoms with Crippen LogP contribution >= 0.6 is 0 Å². The van der Waals surface area contributed by atoms with Crippen molar-refractivity contribution in [3.63, 3.8) is 0 Å². The number of carbonyl (C=O) groups excluding carboxylic acids is 1. The van der Waals surface area contributed by atoms with Crippen LogP contribution in [0, 0.1) is 17.1 Å². The molecule has 150 valence electrons. The highest BCUT2D eigenvalue weighted by Crippen LogP contribution is 2.30. The Morgan fingerprint density at radius 1 is 1.27 bits per heavy atom.